The number of piperazine rings is 1. The van der Waals surface area contributed by atoms with Gasteiger partial charge in [0.05, 0.1) is 35.7 Å². The number of fused-ring (bicyclic) bond motifs is 2. The van der Waals surface area contributed by atoms with Crippen molar-refractivity contribution >= 4 is 34.5 Å². The summed E-state index contributed by atoms with van der Waals surface area (Å²) in [7, 11) is 0. The van der Waals surface area contributed by atoms with Crippen LogP contribution in [-0.2, 0) is 6.54 Å². The topological polar surface area (TPSA) is 43.2 Å². The van der Waals surface area contributed by atoms with Gasteiger partial charge in [0, 0.05) is 36.9 Å². The minimum Gasteiger partial charge on any atom is -0.351 e. The summed E-state index contributed by atoms with van der Waals surface area (Å²) in [4.78, 5) is 6.93. The zero-order valence-corrected chi connectivity index (χ0v) is 16.9. The molecular weight excluding hydrogens is 382 g/mol. The van der Waals surface area contributed by atoms with Gasteiger partial charge in [-0.1, -0.05) is 29.8 Å². The number of halogens is 1. The van der Waals surface area contributed by atoms with Gasteiger partial charge in [-0.05, 0) is 36.4 Å². The highest BCUT2D eigenvalue weighted by Crippen LogP contribution is 2.33. The number of hydrogen-bond acceptors (Lipinski definition) is 3. The smallest absolute Gasteiger partial charge is 0.284 e. The molecule has 2 aliphatic rings. The van der Waals surface area contributed by atoms with Crippen LogP contribution in [0.4, 0.5) is 17.1 Å². The first-order valence-electron chi connectivity index (χ1n) is 9.93. The molecule has 0 aliphatic carbocycles. The van der Waals surface area contributed by atoms with Crippen LogP contribution in [0.25, 0.3) is 0 Å². The lowest BCUT2D eigenvalue weighted by Crippen LogP contribution is -2.45. The molecule has 3 aromatic rings. The normalized spacial score (nSPS) is 16.3. The van der Waals surface area contributed by atoms with E-state index in [-0.39, 0.29) is 0 Å². The Morgan fingerprint density at radius 2 is 1.72 bits per heavy atom. The summed E-state index contributed by atoms with van der Waals surface area (Å²) in [6, 6.07) is 20.5. The lowest BCUT2D eigenvalue weighted by molar-refractivity contribution is -0.539. The van der Waals surface area contributed by atoms with Crippen molar-refractivity contribution in [2.75, 3.05) is 36.8 Å². The fraction of sp³-hybridized carbons (Fsp3) is 0.217. The molecule has 29 heavy (non-hydrogen) atoms. The molecule has 5 nitrogen and oxygen atoms in total. The zero-order valence-electron chi connectivity index (χ0n) is 16.1. The number of pyridine rings is 1. The van der Waals surface area contributed by atoms with Crippen LogP contribution in [0.5, 0.6) is 0 Å². The van der Waals surface area contributed by atoms with E-state index in [9.17, 15) is 0 Å². The number of anilines is 3. The molecule has 0 radical (unpaired) electrons. The Morgan fingerprint density at radius 1 is 0.897 bits per heavy atom. The van der Waals surface area contributed by atoms with Gasteiger partial charge in [0.2, 0.25) is 0 Å². The molecular formula is C23H23ClN5+. The van der Waals surface area contributed by atoms with Gasteiger partial charge in [0.1, 0.15) is 5.69 Å². The van der Waals surface area contributed by atoms with Gasteiger partial charge >= 0.3 is 0 Å². The van der Waals surface area contributed by atoms with Crippen LogP contribution in [-0.4, -0.2) is 46.5 Å². The van der Waals surface area contributed by atoms with Crippen molar-refractivity contribution in [3.63, 3.8) is 0 Å². The molecule has 1 saturated heterocycles. The molecule has 0 spiro atoms. The second-order valence-corrected chi connectivity index (χ2v) is 7.85. The summed E-state index contributed by atoms with van der Waals surface area (Å²) < 4.78 is 2.44. The number of hydrogen-bond donors (Lipinski definition) is 2. The first kappa shape index (κ1) is 18.2. The number of nitrogens with zero attached hydrogens (tertiary/aromatic N) is 3. The maximum Gasteiger partial charge on any atom is 0.284 e. The summed E-state index contributed by atoms with van der Waals surface area (Å²) >= 11 is 6.27. The maximum absolute atomic E-state index is 6.27. The number of nitrogens with one attached hydrogen (secondary N) is 2. The summed E-state index contributed by atoms with van der Waals surface area (Å²) in [5.41, 5.74) is 5.44. The highest BCUT2D eigenvalue weighted by atomic mass is 35.5. The van der Waals surface area contributed by atoms with Crippen molar-refractivity contribution in [3.05, 3.63) is 83.1 Å². The number of benzene rings is 2. The number of aromatic nitrogens is 1. The first-order chi connectivity index (χ1) is 14.3. The quantitative estimate of drug-likeness (QED) is 0.629. The second-order valence-electron chi connectivity index (χ2n) is 7.42. The summed E-state index contributed by atoms with van der Waals surface area (Å²) in [6.07, 6.45) is 1.86. The van der Waals surface area contributed by atoms with Gasteiger partial charge in [0.25, 0.3) is 5.84 Å². The van der Waals surface area contributed by atoms with E-state index in [0.29, 0.717) is 0 Å². The molecule has 0 saturated carbocycles. The van der Waals surface area contributed by atoms with Crippen LogP contribution < -0.4 is 10.6 Å². The Labute approximate surface area is 175 Å². The molecule has 0 unspecified atom stereocenters. The van der Waals surface area contributed by atoms with Crippen molar-refractivity contribution in [1.82, 2.24) is 9.88 Å². The van der Waals surface area contributed by atoms with Crippen molar-refractivity contribution < 1.29 is 4.58 Å². The van der Waals surface area contributed by atoms with E-state index in [2.05, 4.69) is 61.5 Å². The lowest BCUT2D eigenvalue weighted by atomic mass is 10.1. The predicted molar refractivity (Wildman–Crippen MR) is 118 cm³/mol. The standard InChI is InChI=1S/C23H22ClN5/c24-17-8-9-21-22(15-17)27-23(19-6-1-2-7-20(19)26-21)29-13-11-28(12-14-29)16-18-5-3-4-10-25-18/h1-10,15H,11-14,16H2,(H,26,27)/p+1. The Bertz CT molecular complexity index is 1050. The molecule has 3 heterocycles. The molecule has 1 fully saturated rings. The van der Waals surface area contributed by atoms with Crippen LogP contribution in [0.3, 0.4) is 0 Å². The van der Waals surface area contributed by atoms with E-state index in [1.165, 1.54) is 5.56 Å². The third kappa shape index (κ3) is 3.84. The van der Waals surface area contributed by atoms with Crippen molar-refractivity contribution in [1.29, 1.82) is 0 Å². The largest absolute Gasteiger partial charge is 0.351 e. The molecule has 0 amide bonds. The Morgan fingerprint density at radius 3 is 2.55 bits per heavy atom. The van der Waals surface area contributed by atoms with Gasteiger partial charge < -0.3 is 5.32 Å². The van der Waals surface area contributed by atoms with Gasteiger partial charge in [-0.25, -0.2) is 5.32 Å². The average molecular weight is 405 g/mol. The van der Waals surface area contributed by atoms with E-state index >= 15 is 0 Å². The maximum atomic E-state index is 6.27. The van der Waals surface area contributed by atoms with Crippen molar-refractivity contribution in [2.24, 2.45) is 0 Å². The van der Waals surface area contributed by atoms with Gasteiger partial charge in [0.15, 0.2) is 0 Å². The third-order valence-electron chi connectivity index (χ3n) is 5.49. The monoisotopic (exact) mass is 404 g/mol. The highest BCUT2D eigenvalue weighted by Gasteiger charge is 2.28. The van der Waals surface area contributed by atoms with Crippen molar-refractivity contribution in [2.45, 2.75) is 6.54 Å². The predicted octanol–water partition coefficient (Wildman–Crippen LogP) is 4.18. The average Bonchev–Trinajstić information content (AvgIpc) is 2.92. The number of amidine groups is 1. The molecule has 2 aliphatic heterocycles. The highest BCUT2D eigenvalue weighted by molar-refractivity contribution is 6.31. The molecule has 1 aromatic heterocycles. The fourth-order valence-corrected chi connectivity index (χ4v) is 4.14. The molecule has 5 rings (SSSR count). The first-order valence-corrected chi connectivity index (χ1v) is 10.3. The summed E-state index contributed by atoms with van der Waals surface area (Å²) in [5, 5.41) is 7.93. The molecule has 2 aromatic carbocycles. The molecule has 6 heteroatoms. The summed E-state index contributed by atoms with van der Waals surface area (Å²) in [6.45, 7) is 4.81. The van der Waals surface area contributed by atoms with E-state index in [1.807, 2.05) is 30.5 Å². The number of para-hydroxylation sites is 1. The minimum atomic E-state index is 0.725. The number of rotatable bonds is 2. The molecule has 2 N–H and O–H groups in total. The van der Waals surface area contributed by atoms with Gasteiger partial charge in [-0.15, -0.1) is 0 Å². The van der Waals surface area contributed by atoms with Crippen LogP contribution >= 0.6 is 11.6 Å². The summed E-state index contributed by atoms with van der Waals surface area (Å²) in [5.74, 6) is 1.13. The SMILES string of the molecule is Clc1ccc2c(c1)NC(=[N+]1CCN(Cc3ccccn3)CC1)c1ccccc1N2. The fourth-order valence-electron chi connectivity index (χ4n) is 3.97. The molecule has 0 bridgehead atoms. The van der Waals surface area contributed by atoms with Crippen LogP contribution in [0.15, 0.2) is 66.9 Å². The Hall–Kier alpha value is -2.89. The Kier molecular flexibility index (Phi) is 4.92. The second kappa shape index (κ2) is 7.85. The van der Waals surface area contributed by atoms with E-state index in [0.717, 1.165) is 66.3 Å². The van der Waals surface area contributed by atoms with E-state index in [1.54, 1.807) is 0 Å². The van der Waals surface area contributed by atoms with Crippen LogP contribution in [0.2, 0.25) is 5.02 Å². The van der Waals surface area contributed by atoms with Crippen LogP contribution in [0.1, 0.15) is 11.3 Å². The minimum absolute atomic E-state index is 0.725. The molecule has 0 atom stereocenters. The van der Waals surface area contributed by atoms with Gasteiger partial charge in [-0.2, -0.15) is 0 Å². The van der Waals surface area contributed by atoms with E-state index < -0.39 is 0 Å². The zero-order chi connectivity index (χ0) is 19.6. The third-order valence-corrected chi connectivity index (χ3v) is 5.72. The van der Waals surface area contributed by atoms with Gasteiger partial charge in [-0.3, -0.25) is 14.5 Å². The Balaban J connectivity index is 1.44. The molecule has 146 valence electrons. The van der Waals surface area contributed by atoms with Crippen molar-refractivity contribution in [3.8, 4) is 0 Å². The lowest BCUT2D eigenvalue weighted by Gasteiger charge is -2.28. The van der Waals surface area contributed by atoms with E-state index in [4.69, 9.17) is 11.6 Å². The van der Waals surface area contributed by atoms with Crippen LogP contribution in [0, 0.1) is 0 Å².